The maximum atomic E-state index is 12.6. The molecule has 0 aliphatic rings. The van der Waals surface area contributed by atoms with Gasteiger partial charge in [-0.05, 0) is 37.1 Å². The summed E-state index contributed by atoms with van der Waals surface area (Å²) in [5, 5.41) is 4.92. The number of aromatic nitrogens is 2. The third-order valence-corrected chi connectivity index (χ3v) is 5.67. The minimum Gasteiger partial charge on any atom is -0.266 e. The normalized spacial score (nSPS) is 11.5. The van der Waals surface area contributed by atoms with E-state index in [2.05, 4.69) is 9.82 Å². The van der Waals surface area contributed by atoms with E-state index in [1.165, 1.54) is 0 Å². The van der Waals surface area contributed by atoms with Gasteiger partial charge in [0, 0.05) is 17.3 Å². The fourth-order valence-electron chi connectivity index (χ4n) is 2.60. The van der Waals surface area contributed by atoms with Gasteiger partial charge in [0.15, 0.2) is 5.82 Å². The Hall–Kier alpha value is -2.31. The molecule has 1 N–H and O–H groups in total. The van der Waals surface area contributed by atoms with Crippen LogP contribution in [0.3, 0.4) is 0 Å². The molecule has 0 bridgehead atoms. The van der Waals surface area contributed by atoms with Crippen molar-refractivity contribution in [3.63, 3.8) is 0 Å². The summed E-state index contributed by atoms with van der Waals surface area (Å²) in [6.07, 6.45) is 1.71. The highest BCUT2D eigenvalue weighted by Gasteiger charge is 2.18. The lowest BCUT2D eigenvalue weighted by Gasteiger charge is -2.09. The van der Waals surface area contributed by atoms with Crippen LogP contribution in [0.5, 0.6) is 0 Å². The Morgan fingerprint density at radius 3 is 2.60 bits per heavy atom. The van der Waals surface area contributed by atoms with Crippen molar-refractivity contribution in [2.45, 2.75) is 25.3 Å². The fourth-order valence-corrected chi connectivity index (χ4v) is 4.02. The monoisotopic (exact) mass is 375 g/mol. The Morgan fingerprint density at radius 2 is 1.88 bits per heavy atom. The largest absolute Gasteiger partial charge is 0.266 e. The van der Waals surface area contributed by atoms with Crippen LogP contribution in [0.15, 0.2) is 59.6 Å². The zero-order valence-corrected chi connectivity index (χ0v) is 15.5. The van der Waals surface area contributed by atoms with Gasteiger partial charge in [0.05, 0.1) is 11.4 Å². The Labute approximate surface area is 152 Å². The number of hydrogen-bond acceptors (Lipinski definition) is 3. The van der Waals surface area contributed by atoms with Crippen LogP contribution < -0.4 is 4.72 Å². The molecule has 0 aliphatic heterocycles. The van der Waals surface area contributed by atoms with Gasteiger partial charge < -0.3 is 0 Å². The van der Waals surface area contributed by atoms with Gasteiger partial charge in [-0.15, -0.1) is 0 Å². The third-order valence-electron chi connectivity index (χ3n) is 3.79. The van der Waals surface area contributed by atoms with Gasteiger partial charge in [-0.25, -0.2) is 8.42 Å². The van der Waals surface area contributed by atoms with Gasteiger partial charge in [0.2, 0.25) is 0 Å². The lowest BCUT2D eigenvalue weighted by atomic mass is 10.2. The maximum absolute atomic E-state index is 12.6. The number of benzene rings is 2. The van der Waals surface area contributed by atoms with E-state index in [9.17, 15) is 8.42 Å². The number of anilines is 1. The minimum atomic E-state index is -3.68. The summed E-state index contributed by atoms with van der Waals surface area (Å²) in [5.41, 5.74) is 2.62. The van der Waals surface area contributed by atoms with Crippen molar-refractivity contribution in [2.75, 3.05) is 4.72 Å². The molecule has 25 heavy (non-hydrogen) atoms. The van der Waals surface area contributed by atoms with Crippen LogP contribution in [-0.2, 0) is 16.6 Å². The van der Waals surface area contributed by atoms with Crippen LogP contribution in [0.2, 0.25) is 5.02 Å². The zero-order valence-electron chi connectivity index (χ0n) is 13.9. The topological polar surface area (TPSA) is 64.0 Å². The molecule has 0 amide bonds. The average molecular weight is 376 g/mol. The quantitative estimate of drug-likeness (QED) is 0.733. The molecule has 0 unspecified atom stereocenters. The molecule has 0 aliphatic carbocycles. The zero-order chi connectivity index (χ0) is 18.0. The highest BCUT2D eigenvalue weighted by molar-refractivity contribution is 7.92. The first-order chi connectivity index (χ1) is 11.8. The van der Waals surface area contributed by atoms with Crippen LogP contribution in [-0.4, -0.2) is 18.2 Å². The summed E-state index contributed by atoms with van der Waals surface area (Å²) < 4.78 is 29.3. The lowest BCUT2D eigenvalue weighted by molar-refractivity contribution is 0.600. The summed E-state index contributed by atoms with van der Waals surface area (Å²) in [4.78, 5) is 0.249. The van der Waals surface area contributed by atoms with E-state index < -0.39 is 10.0 Å². The molecule has 7 heteroatoms. The van der Waals surface area contributed by atoms with Crippen LogP contribution in [0, 0.1) is 13.8 Å². The maximum Gasteiger partial charge on any atom is 0.263 e. The first kappa shape index (κ1) is 17.5. The number of sulfonamides is 1. The van der Waals surface area contributed by atoms with Gasteiger partial charge in [0.25, 0.3) is 10.0 Å². The van der Waals surface area contributed by atoms with E-state index in [0.29, 0.717) is 17.1 Å². The smallest absolute Gasteiger partial charge is 0.263 e. The van der Waals surface area contributed by atoms with Crippen molar-refractivity contribution in [3.8, 4) is 0 Å². The van der Waals surface area contributed by atoms with E-state index in [1.807, 2.05) is 37.3 Å². The van der Waals surface area contributed by atoms with E-state index in [-0.39, 0.29) is 10.7 Å². The van der Waals surface area contributed by atoms with Gasteiger partial charge in [-0.3, -0.25) is 9.40 Å². The summed E-state index contributed by atoms with van der Waals surface area (Å²) in [6, 6.07) is 14.3. The summed E-state index contributed by atoms with van der Waals surface area (Å²) in [5.74, 6) is 0.270. The molecule has 0 fully saturated rings. The van der Waals surface area contributed by atoms with Crippen molar-refractivity contribution in [3.05, 3.63) is 76.4 Å². The van der Waals surface area contributed by atoms with Crippen molar-refractivity contribution in [1.82, 2.24) is 9.78 Å². The van der Waals surface area contributed by atoms with Crippen molar-refractivity contribution >= 4 is 27.4 Å². The first-order valence-electron chi connectivity index (χ1n) is 7.72. The van der Waals surface area contributed by atoms with Gasteiger partial charge >= 0.3 is 0 Å². The van der Waals surface area contributed by atoms with Crippen LogP contribution >= 0.6 is 11.6 Å². The van der Waals surface area contributed by atoms with E-state index in [1.54, 1.807) is 36.0 Å². The predicted octanol–water partition coefficient (Wildman–Crippen LogP) is 4.00. The fraction of sp³-hybridized carbons (Fsp3) is 0.167. The number of nitrogens with one attached hydrogen (secondary N) is 1. The van der Waals surface area contributed by atoms with Crippen LogP contribution in [0.1, 0.15) is 16.7 Å². The third kappa shape index (κ3) is 4.03. The van der Waals surface area contributed by atoms with Gasteiger partial charge in [-0.2, -0.15) is 5.10 Å². The molecule has 2 aromatic carbocycles. The molecule has 0 saturated heterocycles. The molecule has 3 aromatic rings. The molecule has 0 radical (unpaired) electrons. The predicted molar refractivity (Wildman–Crippen MR) is 99.5 cm³/mol. The van der Waals surface area contributed by atoms with Gasteiger partial charge in [0.1, 0.15) is 0 Å². The highest BCUT2D eigenvalue weighted by Crippen LogP contribution is 2.20. The number of hydrogen-bond donors (Lipinski definition) is 1. The Kier molecular flexibility index (Phi) is 4.83. The van der Waals surface area contributed by atoms with Crippen LogP contribution in [0.25, 0.3) is 0 Å². The van der Waals surface area contributed by atoms with Crippen molar-refractivity contribution in [1.29, 1.82) is 0 Å². The van der Waals surface area contributed by atoms with Crippen molar-refractivity contribution < 1.29 is 8.42 Å². The number of nitrogens with zero attached hydrogens (tertiary/aromatic N) is 2. The number of aryl methyl sites for hydroxylation is 2. The second kappa shape index (κ2) is 6.90. The first-order valence-corrected chi connectivity index (χ1v) is 9.58. The molecule has 0 spiro atoms. The molecule has 1 aromatic heterocycles. The Bertz CT molecular complexity index is 1010. The summed E-state index contributed by atoms with van der Waals surface area (Å²) >= 11 is 6.14. The molecule has 3 rings (SSSR count). The van der Waals surface area contributed by atoms with E-state index >= 15 is 0 Å². The lowest BCUT2D eigenvalue weighted by Crippen LogP contribution is -2.15. The molecule has 130 valence electrons. The van der Waals surface area contributed by atoms with E-state index in [4.69, 9.17) is 11.6 Å². The minimum absolute atomic E-state index is 0.249. The Morgan fingerprint density at radius 1 is 1.12 bits per heavy atom. The summed E-state index contributed by atoms with van der Waals surface area (Å²) in [6.45, 7) is 4.16. The second-order valence-electron chi connectivity index (χ2n) is 5.86. The van der Waals surface area contributed by atoms with Gasteiger partial charge in [-0.1, -0.05) is 47.5 Å². The molecule has 5 nitrogen and oxygen atoms in total. The molecular formula is C18H18ClN3O2S. The van der Waals surface area contributed by atoms with Crippen LogP contribution in [0.4, 0.5) is 5.82 Å². The molecular weight excluding hydrogens is 358 g/mol. The Balaban J connectivity index is 1.80. The molecule has 0 saturated carbocycles. The number of halogens is 1. The molecule has 0 atom stereocenters. The molecule has 1 heterocycles. The summed E-state index contributed by atoms with van der Waals surface area (Å²) in [7, 11) is -3.68. The van der Waals surface area contributed by atoms with E-state index in [0.717, 1.165) is 11.1 Å². The average Bonchev–Trinajstić information content (AvgIpc) is 2.95. The SMILES string of the molecule is Cc1ccc(S(=O)(=O)Nc2ccn(Cc3ccccc3Cl)n2)c(C)c1. The number of rotatable bonds is 5. The van der Waals surface area contributed by atoms with Crippen molar-refractivity contribution in [2.24, 2.45) is 0 Å². The standard InChI is InChI=1S/C18H18ClN3O2S/c1-13-7-8-17(14(2)11-13)25(23,24)21-18-9-10-22(20-18)12-15-5-3-4-6-16(15)19/h3-11H,12H2,1-2H3,(H,20,21). The second-order valence-corrected chi connectivity index (χ2v) is 7.92. The highest BCUT2D eigenvalue weighted by atomic mass is 35.5.